The van der Waals surface area contributed by atoms with Gasteiger partial charge < -0.3 is 9.64 Å². The Hall–Kier alpha value is -3.33. The van der Waals surface area contributed by atoms with Gasteiger partial charge in [-0.1, -0.05) is 110 Å². The molecule has 0 N–H and O–H groups in total. The average molecular weight is 426 g/mol. The molecule has 3 nitrogen and oxygen atoms in total. The molecule has 1 fully saturated rings. The lowest BCUT2D eigenvalue weighted by Crippen LogP contribution is -2.37. The van der Waals surface area contributed by atoms with E-state index >= 15 is 0 Å². The Morgan fingerprint density at radius 2 is 1.47 bits per heavy atom. The summed E-state index contributed by atoms with van der Waals surface area (Å²) in [6, 6.07) is 31.0. The van der Waals surface area contributed by atoms with E-state index in [1.165, 1.54) is 16.7 Å². The first-order valence-electron chi connectivity index (χ1n) is 11.4. The Kier molecular flexibility index (Phi) is 6.75. The second kappa shape index (κ2) is 9.86. The van der Waals surface area contributed by atoms with Crippen LogP contribution in [0.5, 0.6) is 0 Å². The molecule has 0 radical (unpaired) electrons. The number of rotatable bonds is 6. The molecule has 0 saturated carbocycles. The Morgan fingerprint density at radius 3 is 2.00 bits per heavy atom. The van der Waals surface area contributed by atoms with Gasteiger partial charge in [-0.05, 0) is 36.5 Å². The van der Waals surface area contributed by atoms with Gasteiger partial charge >= 0.3 is 6.09 Å². The van der Waals surface area contributed by atoms with Crippen LogP contribution in [0.4, 0.5) is 4.79 Å². The summed E-state index contributed by atoms with van der Waals surface area (Å²) in [6.45, 7) is 5.16. The average Bonchev–Trinajstić information content (AvgIpc) is 3.24. The van der Waals surface area contributed by atoms with Crippen LogP contribution in [0.1, 0.15) is 43.4 Å². The lowest BCUT2D eigenvalue weighted by atomic mass is 9.73. The van der Waals surface area contributed by atoms with Crippen molar-refractivity contribution in [1.82, 2.24) is 4.90 Å². The molecule has 3 aromatic carbocycles. The van der Waals surface area contributed by atoms with Crippen molar-refractivity contribution < 1.29 is 9.53 Å². The first-order valence-corrected chi connectivity index (χ1v) is 11.4. The van der Waals surface area contributed by atoms with Crippen LogP contribution in [0, 0.1) is 0 Å². The van der Waals surface area contributed by atoms with E-state index in [9.17, 15) is 4.79 Å². The number of likely N-dealkylation sites (tertiary alicyclic amines) is 1. The fourth-order valence-electron chi connectivity index (χ4n) is 4.64. The number of amides is 1. The molecule has 1 amide bonds. The van der Waals surface area contributed by atoms with Crippen molar-refractivity contribution in [2.75, 3.05) is 6.54 Å². The summed E-state index contributed by atoms with van der Waals surface area (Å²) >= 11 is 0. The van der Waals surface area contributed by atoms with Gasteiger partial charge in [-0.25, -0.2) is 4.79 Å². The highest BCUT2D eigenvalue weighted by Gasteiger charge is 2.47. The molecular formula is C29H31NO2. The molecular weight excluding hydrogens is 394 g/mol. The number of carbonyl (C=O) groups is 1. The SMILES string of the molecule is CC/C(C)=C/[C@H]1CC(c2ccccc2)(c2ccccc2)CN1C(=O)OCc1ccccc1. The van der Waals surface area contributed by atoms with Crippen LogP contribution in [0.2, 0.25) is 0 Å². The zero-order chi connectivity index (χ0) is 22.4. The minimum Gasteiger partial charge on any atom is -0.445 e. The Balaban J connectivity index is 1.69. The largest absolute Gasteiger partial charge is 0.445 e. The maximum Gasteiger partial charge on any atom is 0.410 e. The van der Waals surface area contributed by atoms with Gasteiger partial charge in [0.2, 0.25) is 0 Å². The highest BCUT2D eigenvalue weighted by Crippen LogP contribution is 2.44. The van der Waals surface area contributed by atoms with E-state index in [0.717, 1.165) is 18.4 Å². The van der Waals surface area contributed by atoms with Crippen LogP contribution in [0.3, 0.4) is 0 Å². The van der Waals surface area contributed by atoms with Crippen molar-refractivity contribution >= 4 is 6.09 Å². The number of carbonyl (C=O) groups excluding carboxylic acids is 1. The number of hydrogen-bond acceptors (Lipinski definition) is 2. The van der Waals surface area contributed by atoms with E-state index in [4.69, 9.17) is 4.74 Å². The second-order valence-electron chi connectivity index (χ2n) is 8.62. The maximum atomic E-state index is 13.3. The van der Waals surface area contributed by atoms with Crippen molar-refractivity contribution in [1.29, 1.82) is 0 Å². The maximum absolute atomic E-state index is 13.3. The van der Waals surface area contributed by atoms with Crippen molar-refractivity contribution in [3.63, 3.8) is 0 Å². The molecule has 1 heterocycles. The van der Waals surface area contributed by atoms with Crippen molar-refractivity contribution in [3.8, 4) is 0 Å². The summed E-state index contributed by atoms with van der Waals surface area (Å²) in [5, 5.41) is 0. The molecule has 1 aliphatic rings. The summed E-state index contributed by atoms with van der Waals surface area (Å²) in [5.74, 6) is 0. The molecule has 0 bridgehead atoms. The number of hydrogen-bond donors (Lipinski definition) is 0. The third-order valence-electron chi connectivity index (χ3n) is 6.53. The quantitative estimate of drug-likeness (QED) is 0.409. The zero-order valence-electron chi connectivity index (χ0n) is 18.9. The monoisotopic (exact) mass is 425 g/mol. The fourth-order valence-corrected chi connectivity index (χ4v) is 4.64. The lowest BCUT2D eigenvalue weighted by Gasteiger charge is -2.30. The van der Waals surface area contributed by atoms with Crippen LogP contribution in [-0.4, -0.2) is 23.6 Å². The van der Waals surface area contributed by atoms with E-state index in [0.29, 0.717) is 6.54 Å². The Morgan fingerprint density at radius 1 is 0.938 bits per heavy atom. The smallest absolute Gasteiger partial charge is 0.410 e. The molecule has 32 heavy (non-hydrogen) atoms. The van der Waals surface area contributed by atoms with Crippen molar-refractivity contribution in [2.24, 2.45) is 0 Å². The van der Waals surface area contributed by atoms with Crippen molar-refractivity contribution in [2.45, 2.75) is 44.8 Å². The van der Waals surface area contributed by atoms with Gasteiger partial charge in [0.25, 0.3) is 0 Å². The number of allylic oxidation sites excluding steroid dienone is 1. The van der Waals surface area contributed by atoms with Crippen LogP contribution < -0.4 is 0 Å². The predicted molar refractivity (Wildman–Crippen MR) is 129 cm³/mol. The Bertz CT molecular complexity index is 1000. The molecule has 1 aliphatic heterocycles. The van der Waals surface area contributed by atoms with E-state index in [1.54, 1.807) is 0 Å². The van der Waals surface area contributed by atoms with Gasteiger partial charge in [0.05, 0.1) is 6.04 Å². The summed E-state index contributed by atoms with van der Waals surface area (Å²) in [7, 11) is 0. The first-order chi connectivity index (χ1) is 15.6. The summed E-state index contributed by atoms with van der Waals surface area (Å²) < 4.78 is 5.78. The van der Waals surface area contributed by atoms with Crippen LogP contribution in [-0.2, 0) is 16.8 Å². The molecule has 1 saturated heterocycles. The minimum absolute atomic E-state index is 0.0152. The molecule has 0 aromatic heterocycles. The van der Waals surface area contributed by atoms with E-state index < -0.39 is 0 Å². The highest BCUT2D eigenvalue weighted by atomic mass is 16.6. The lowest BCUT2D eigenvalue weighted by molar-refractivity contribution is 0.0962. The number of nitrogens with zero attached hydrogens (tertiary/aromatic N) is 1. The van der Waals surface area contributed by atoms with Gasteiger partial charge in [0.15, 0.2) is 0 Å². The molecule has 3 heteroatoms. The number of ether oxygens (including phenoxy) is 1. The van der Waals surface area contributed by atoms with Gasteiger partial charge in [0.1, 0.15) is 6.61 Å². The molecule has 1 atom stereocenters. The van der Waals surface area contributed by atoms with Crippen LogP contribution >= 0.6 is 0 Å². The standard InChI is InChI=1S/C29H31NO2/c1-3-23(2)19-27-20-29(25-15-9-5-10-16-25,26-17-11-6-12-18-26)22-30(27)28(31)32-21-24-13-7-4-8-14-24/h4-19,27H,3,20-22H2,1-2H3/b23-19+/t27-/m0/s1. The van der Waals surface area contributed by atoms with Gasteiger partial charge in [0, 0.05) is 12.0 Å². The molecule has 164 valence electrons. The summed E-state index contributed by atoms with van der Waals surface area (Å²) in [5.41, 5.74) is 4.47. The molecule has 0 unspecified atom stereocenters. The third-order valence-corrected chi connectivity index (χ3v) is 6.53. The number of benzene rings is 3. The minimum atomic E-state index is -0.274. The van der Waals surface area contributed by atoms with Gasteiger partial charge in [-0.3, -0.25) is 0 Å². The molecule has 4 rings (SSSR count). The van der Waals surface area contributed by atoms with Gasteiger partial charge in [-0.2, -0.15) is 0 Å². The van der Waals surface area contributed by atoms with Crippen LogP contribution in [0.25, 0.3) is 0 Å². The van der Waals surface area contributed by atoms with E-state index in [2.05, 4.69) is 68.5 Å². The van der Waals surface area contributed by atoms with Crippen molar-refractivity contribution in [3.05, 3.63) is 119 Å². The summed E-state index contributed by atoms with van der Waals surface area (Å²) in [4.78, 5) is 15.2. The topological polar surface area (TPSA) is 29.5 Å². The van der Waals surface area contributed by atoms with Crippen LogP contribution in [0.15, 0.2) is 103 Å². The zero-order valence-corrected chi connectivity index (χ0v) is 18.9. The van der Waals surface area contributed by atoms with E-state index in [1.807, 2.05) is 47.4 Å². The first kappa shape index (κ1) is 21.9. The third kappa shape index (κ3) is 4.62. The van der Waals surface area contributed by atoms with Gasteiger partial charge in [-0.15, -0.1) is 0 Å². The Labute approximate surface area is 191 Å². The molecule has 0 aliphatic carbocycles. The normalized spacial score (nSPS) is 17.9. The molecule has 3 aromatic rings. The van der Waals surface area contributed by atoms with E-state index in [-0.39, 0.29) is 24.2 Å². The summed E-state index contributed by atoms with van der Waals surface area (Å²) in [6.07, 6.45) is 3.79. The fraction of sp³-hybridized carbons (Fsp3) is 0.276. The second-order valence-corrected chi connectivity index (χ2v) is 8.62. The molecule has 0 spiro atoms. The highest BCUT2D eigenvalue weighted by molar-refractivity contribution is 5.70. The predicted octanol–water partition coefficient (Wildman–Crippen LogP) is 6.74.